The fourth-order valence-corrected chi connectivity index (χ4v) is 3.21. The van der Waals surface area contributed by atoms with Crippen LogP contribution in [0.5, 0.6) is 0 Å². The van der Waals surface area contributed by atoms with Crippen molar-refractivity contribution in [3.8, 4) is 11.5 Å². The molecule has 2 aromatic carbocycles. The Bertz CT molecular complexity index is 1000. The van der Waals surface area contributed by atoms with Crippen molar-refractivity contribution in [2.75, 3.05) is 4.90 Å². The van der Waals surface area contributed by atoms with Crippen LogP contribution in [0.4, 0.5) is 10.5 Å². The van der Waals surface area contributed by atoms with Crippen LogP contribution in [-0.2, 0) is 11.3 Å². The maximum atomic E-state index is 12.8. The molecule has 0 bridgehead atoms. The number of halogens is 1. The molecule has 1 unspecified atom stereocenters. The number of hydrogen-bond donors (Lipinski definition) is 0. The summed E-state index contributed by atoms with van der Waals surface area (Å²) in [6.45, 7) is 1.62. The molecule has 1 aliphatic heterocycles. The molecule has 2 heterocycles. The van der Waals surface area contributed by atoms with Gasteiger partial charge < -0.3 is 4.52 Å². The molecule has 3 amide bonds. The topological polar surface area (TPSA) is 79.5 Å². The molecule has 27 heavy (non-hydrogen) atoms. The number of nitrogens with zero attached hydrogens (tertiary/aromatic N) is 4. The SMILES string of the molecule is CC1C(=O)N(Cc2noc(-c3ccccc3Cl)n2)C(=O)N1c1ccccc1. The zero-order valence-electron chi connectivity index (χ0n) is 14.4. The third-order valence-electron chi connectivity index (χ3n) is 4.35. The van der Waals surface area contributed by atoms with Crippen LogP contribution in [-0.4, -0.2) is 33.0 Å². The maximum Gasteiger partial charge on any atom is 0.332 e. The van der Waals surface area contributed by atoms with Crippen LogP contribution < -0.4 is 4.90 Å². The second-order valence-corrected chi connectivity index (χ2v) is 6.49. The van der Waals surface area contributed by atoms with Crippen molar-refractivity contribution in [2.45, 2.75) is 19.5 Å². The van der Waals surface area contributed by atoms with E-state index in [1.807, 2.05) is 18.2 Å². The third kappa shape index (κ3) is 3.06. The van der Waals surface area contributed by atoms with Gasteiger partial charge in [-0.25, -0.2) is 4.79 Å². The van der Waals surface area contributed by atoms with E-state index in [9.17, 15) is 9.59 Å². The molecule has 4 rings (SSSR count). The lowest BCUT2D eigenvalue weighted by Crippen LogP contribution is -2.33. The zero-order valence-corrected chi connectivity index (χ0v) is 15.1. The van der Waals surface area contributed by atoms with Crippen molar-refractivity contribution in [2.24, 2.45) is 0 Å². The average Bonchev–Trinajstić information content (AvgIpc) is 3.22. The first kappa shape index (κ1) is 17.2. The van der Waals surface area contributed by atoms with Crippen LogP contribution in [0.3, 0.4) is 0 Å². The Hall–Kier alpha value is -3.19. The van der Waals surface area contributed by atoms with Gasteiger partial charge in [0.15, 0.2) is 5.82 Å². The van der Waals surface area contributed by atoms with Crippen LogP contribution in [0.15, 0.2) is 59.1 Å². The largest absolute Gasteiger partial charge is 0.334 e. The molecule has 1 fully saturated rings. The molecular formula is C19H15ClN4O3. The molecule has 0 aliphatic carbocycles. The van der Waals surface area contributed by atoms with E-state index in [0.29, 0.717) is 16.3 Å². The summed E-state index contributed by atoms with van der Waals surface area (Å²) in [7, 11) is 0. The number of para-hydroxylation sites is 1. The fourth-order valence-electron chi connectivity index (χ4n) is 3.00. The summed E-state index contributed by atoms with van der Waals surface area (Å²) in [6, 6.07) is 15.1. The number of hydrogen-bond acceptors (Lipinski definition) is 5. The predicted octanol–water partition coefficient (Wildman–Crippen LogP) is 3.75. The number of benzene rings is 2. The first-order chi connectivity index (χ1) is 13.1. The quantitative estimate of drug-likeness (QED) is 0.642. The van der Waals surface area contributed by atoms with E-state index < -0.39 is 12.1 Å². The molecule has 0 N–H and O–H groups in total. The Balaban J connectivity index is 1.57. The molecule has 0 saturated carbocycles. The van der Waals surface area contributed by atoms with Gasteiger partial charge in [-0.05, 0) is 31.2 Å². The van der Waals surface area contributed by atoms with Gasteiger partial charge in [0.2, 0.25) is 0 Å². The zero-order chi connectivity index (χ0) is 19.0. The Morgan fingerprint density at radius 3 is 2.52 bits per heavy atom. The van der Waals surface area contributed by atoms with Gasteiger partial charge in [-0.3, -0.25) is 14.6 Å². The van der Waals surface area contributed by atoms with Crippen LogP contribution in [0.2, 0.25) is 5.02 Å². The van der Waals surface area contributed by atoms with E-state index in [4.69, 9.17) is 16.1 Å². The van der Waals surface area contributed by atoms with Crippen LogP contribution in [0, 0.1) is 0 Å². The van der Waals surface area contributed by atoms with Crippen molar-refractivity contribution in [3.05, 3.63) is 65.4 Å². The summed E-state index contributed by atoms with van der Waals surface area (Å²) in [6.07, 6.45) is 0. The number of rotatable bonds is 4. The lowest BCUT2D eigenvalue weighted by Gasteiger charge is -2.18. The minimum absolute atomic E-state index is 0.0701. The highest BCUT2D eigenvalue weighted by atomic mass is 35.5. The van der Waals surface area contributed by atoms with Crippen molar-refractivity contribution in [1.29, 1.82) is 0 Å². The maximum absolute atomic E-state index is 12.8. The predicted molar refractivity (Wildman–Crippen MR) is 99.1 cm³/mol. The lowest BCUT2D eigenvalue weighted by atomic mass is 10.2. The normalized spacial score (nSPS) is 17.0. The third-order valence-corrected chi connectivity index (χ3v) is 4.68. The first-order valence-electron chi connectivity index (χ1n) is 8.33. The number of imide groups is 1. The summed E-state index contributed by atoms with van der Waals surface area (Å²) >= 11 is 6.14. The van der Waals surface area contributed by atoms with Gasteiger partial charge in [0.1, 0.15) is 6.04 Å². The van der Waals surface area contributed by atoms with Gasteiger partial charge in [0, 0.05) is 5.69 Å². The molecule has 1 atom stereocenters. The second-order valence-electron chi connectivity index (χ2n) is 6.08. The Labute approximate surface area is 160 Å². The van der Waals surface area contributed by atoms with Crippen molar-refractivity contribution >= 4 is 29.2 Å². The number of urea groups is 1. The minimum atomic E-state index is -0.602. The Kier molecular flexibility index (Phi) is 4.37. The van der Waals surface area contributed by atoms with E-state index >= 15 is 0 Å². The second kappa shape index (κ2) is 6.85. The van der Waals surface area contributed by atoms with E-state index in [0.717, 1.165) is 4.90 Å². The molecule has 1 aliphatic rings. The van der Waals surface area contributed by atoms with Crippen molar-refractivity contribution < 1.29 is 14.1 Å². The highest BCUT2D eigenvalue weighted by Crippen LogP contribution is 2.28. The summed E-state index contributed by atoms with van der Waals surface area (Å²) < 4.78 is 5.24. The van der Waals surface area contributed by atoms with Crippen molar-refractivity contribution in [1.82, 2.24) is 15.0 Å². The van der Waals surface area contributed by atoms with Gasteiger partial charge in [0.05, 0.1) is 17.1 Å². The van der Waals surface area contributed by atoms with Crippen LogP contribution in [0.1, 0.15) is 12.7 Å². The number of carbonyl (C=O) groups excluding carboxylic acids is 2. The van der Waals surface area contributed by atoms with Gasteiger partial charge in [-0.1, -0.05) is 47.1 Å². The average molecular weight is 383 g/mol. The van der Waals surface area contributed by atoms with Crippen LogP contribution in [0.25, 0.3) is 11.5 Å². The van der Waals surface area contributed by atoms with Crippen LogP contribution >= 0.6 is 11.6 Å². The summed E-state index contributed by atoms with van der Waals surface area (Å²) in [5.41, 5.74) is 1.26. The molecule has 8 heteroatoms. The number of anilines is 1. The number of amides is 3. The fraction of sp³-hybridized carbons (Fsp3) is 0.158. The molecule has 1 saturated heterocycles. The highest BCUT2D eigenvalue weighted by molar-refractivity contribution is 6.33. The Morgan fingerprint density at radius 2 is 1.78 bits per heavy atom. The van der Waals surface area contributed by atoms with Gasteiger partial charge in [-0.2, -0.15) is 4.98 Å². The van der Waals surface area contributed by atoms with Gasteiger partial charge in [0.25, 0.3) is 11.8 Å². The number of carbonyl (C=O) groups is 2. The van der Waals surface area contributed by atoms with E-state index in [1.54, 1.807) is 43.3 Å². The van der Waals surface area contributed by atoms with Crippen molar-refractivity contribution in [3.63, 3.8) is 0 Å². The monoisotopic (exact) mass is 382 g/mol. The summed E-state index contributed by atoms with van der Waals surface area (Å²) in [4.78, 5) is 32.2. The molecule has 136 valence electrons. The highest BCUT2D eigenvalue weighted by Gasteiger charge is 2.43. The summed E-state index contributed by atoms with van der Waals surface area (Å²) in [5, 5.41) is 4.36. The number of aromatic nitrogens is 2. The Morgan fingerprint density at radius 1 is 1.07 bits per heavy atom. The molecule has 7 nitrogen and oxygen atoms in total. The smallest absolute Gasteiger partial charge is 0.332 e. The molecule has 0 radical (unpaired) electrons. The van der Waals surface area contributed by atoms with E-state index in [-0.39, 0.29) is 24.2 Å². The van der Waals surface area contributed by atoms with Gasteiger partial charge >= 0.3 is 6.03 Å². The molecule has 0 spiro atoms. The molecular weight excluding hydrogens is 368 g/mol. The first-order valence-corrected chi connectivity index (χ1v) is 8.71. The molecule has 1 aromatic heterocycles. The van der Waals surface area contributed by atoms with E-state index in [1.165, 1.54) is 4.90 Å². The molecule has 3 aromatic rings. The lowest BCUT2D eigenvalue weighted by molar-refractivity contribution is -0.127. The summed E-state index contributed by atoms with van der Waals surface area (Å²) in [5.74, 6) is 0.157. The van der Waals surface area contributed by atoms with Gasteiger partial charge in [-0.15, -0.1) is 0 Å². The minimum Gasteiger partial charge on any atom is -0.334 e. The standard InChI is InChI=1S/C19H15ClN4O3/c1-12-18(25)23(19(26)24(12)13-7-3-2-4-8-13)11-16-21-17(27-22-16)14-9-5-6-10-15(14)20/h2-10,12H,11H2,1H3. The van der Waals surface area contributed by atoms with E-state index in [2.05, 4.69) is 10.1 Å².